The molecule has 0 aromatic carbocycles. The van der Waals surface area contributed by atoms with Gasteiger partial charge in [0.1, 0.15) is 0 Å². The zero-order valence-corrected chi connectivity index (χ0v) is 17.2. The van der Waals surface area contributed by atoms with Crippen molar-refractivity contribution in [1.82, 2.24) is 20.0 Å². The molecular formula is C18H28Cl2N4O3. The average molecular weight is 419 g/mol. The first-order valence-electron chi connectivity index (χ1n) is 9.11. The minimum atomic E-state index is -0.283. The molecule has 7 nitrogen and oxygen atoms in total. The van der Waals surface area contributed by atoms with Crippen molar-refractivity contribution in [2.24, 2.45) is 11.3 Å². The predicted molar refractivity (Wildman–Crippen MR) is 107 cm³/mol. The van der Waals surface area contributed by atoms with Gasteiger partial charge in [-0.3, -0.25) is 9.59 Å². The minimum Gasteiger partial charge on any atom is -0.459 e. The molecule has 27 heavy (non-hydrogen) atoms. The molecule has 1 aromatic heterocycles. The lowest BCUT2D eigenvalue weighted by atomic mass is 9.79. The molecule has 2 atom stereocenters. The van der Waals surface area contributed by atoms with Gasteiger partial charge in [0.25, 0.3) is 5.91 Å². The number of furan rings is 1. The molecule has 3 fully saturated rings. The molecular weight excluding hydrogens is 391 g/mol. The van der Waals surface area contributed by atoms with E-state index in [4.69, 9.17) is 4.42 Å². The number of carbonyl (C=O) groups is 2. The molecule has 3 saturated heterocycles. The number of rotatable bonds is 2. The first kappa shape index (κ1) is 22.0. The summed E-state index contributed by atoms with van der Waals surface area (Å²) in [5.41, 5.74) is -0.283. The van der Waals surface area contributed by atoms with Gasteiger partial charge in [0.05, 0.1) is 11.7 Å². The van der Waals surface area contributed by atoms with Crippen LogP contribution in [-0.2, 0) is 4.79 Å². The van der Waals surface area contributed by atoms with Crippen LogP contribution >= 0.6 is 24.8 Å². The van der Waals surface area contributed by atoms with E-state index in [9.17, 15) is 9.59 Å². The molecule has 4 heterocycles. The maximum atomic E-state index is 13.3. The van der Waals surface area contributed by atoms with Gasteiger partial charge in [0, 0.05) is 58.3 Å². The van der Waals surface area contributed by atoms with Gasteiger partial charge >= 0.3 is 0 Å². The van der Waals surface area contributed by atoms with Crippen LogP contribution in [0.2, 0.25) is 0 Å². The van der Waals surface area contributed by atoms with Crippen LogP contribution in [0.5, 0.6) is 0 Å². The lowest BCUT2D eigenvalue weighted by Gasteiger charge is -2.33. The summed E-state index contributed by atoms with van der Waals surface area (Å²) in [6.45, 7) is 6.06. The lowest BCUT2D eigenvalue weighted by molar-refractivity contribution is -0.141. The zero-order chi connectivity index (χ0) is 17.4. The van der Waals surface area contributed by atoms with Crippen molar-refractivity contribution in [1.29, 1.82) is 0 Å². The number of nitrogens with one attached hydrogen (secondary N) is 1. The first-order chi connectivity index (χ1) is 12.1. The number of amides is 2. The van der Waals surface area contributed by atoms with Gasteiger partial charge in [-0.1, -0.05) is 0 Å². The van der Waals surface area contributed by atoms with Crippen LogP contribution in [0.15, 0.2) is 22.8 Å². The Balaban J connectivity index is 0.00000131. The summed E-state index contributed by atoms with van der Waals surface area (Å²) in [7, 11) is 2.10. The molecule has 2 amide bonds. The third kappa shape index (κ3) is 3.97. The maximum Gasteiger partial charge on any atom is 0.289 e. The van der Waals surface area contributed by atoms with Crippen LogP contribution in [-0.4, -0.2) is 85.9 Å². The summed E-state index contributed by atoms with van der Waals surface area (Å²) in [6, 6.07) is 3.42. The summed E-state index contributed by atoms with van der Waals surface area (Å²) in [4.78, 5) is 31.9. The van der Waals surface area contributed by atoms with Crippen molar-refractivity contribution >= 4 is 36.6 Å². The van der Waals surface area contributed by atoms with Crippen LogP contribution in [0.25, 0.3) is 0 Å². The quantitative estimate of drug-likeness (QED) is 0.773. The Morgan fingerprint density at radius 1 is 1.19 bits per heavy atom. The molecule has 0 radical (unpaired) electrons. The largest absolute Gasteiger partial charge is 0.459 e. The van der Waals surface area contributed by atoms with Crippen LogP contribution in [0.4, 0.5) is 0 Å². The molecule has 0 aliphatic carbocycles. The van der Waals surface area contributed by atoms with E-state index in [1.54, 1.807) is 17.0 Å². The fourth-order valence-electron chi connectivity index (χ4n) is 4.67. The molecule has 0 unspecified atom stereocenters. The van der Waals surface area contributed by atoms with Gasteiger partial charge in [-0.05, 0) is 25.6 Å². The molecule has 1 N–H and O–H groups in total. The third-order valence-corrected chi connectivity index (χ3v) is 5.92. The second-order valence-corrected chi connectivity index (χ2v) is 7.60. The Kier molecular flexibility index (Phi) is 7.19. The molecule has 0 spiro atoms. The zero-order valence-electron chi connectivity index (χ0n) is 15.6. The standard InChI is InChI=1S/C18H26N4O3.2ClH/c1-20-11-14-10-19-12-18(14,13-20)17(24)22-6-3-5-21(7-8-22)16(23)15-4-2-9-25-15;;/h2,4,9,14,19H,3,5-8,10-13H2,1H3;2*1H/t14-,18-;;/m1../s1. The molecule has 152 valence electrons. The summed E-state index contributed by atoms with van der Waals surface area (Å²) >= 11 is 0. The van der Waals surface area contributed by atoms with E-state index in [0.29, 0.717) is 31.3 Å². The van der Waals surface area contributed by atoms with Crippen LogP contribution in [0.1, 0.15) is 17.0 Å². The Morgan fingerprint density at radius 3 is 2.67 bits per heavy atom. The molecule has 9 heteroatoms. The van der Waals surface area contributed by atoms with Crippen molar-refractivity contribution in [3.8, 4) is 0 Å². The molecule has 3 aliphatic rings. The second-order valence-electron chi connectivity index (χ2n) is 7.60. The fraction of sp³-hybridized carbons (Fsp3) is 0.667. The number of carbonyl (C=O) groups excluding carboxylic acids is 2. The highest BCUT2D eigenvalue weighted by Gasteiger charge is 2.55. The van der Waals surface area contributed by atoms with Gasteiger partial charge in [0.2, 0.25) is 5.91 Å². The third-order valence-electron chi connectivity index (χ3n) is 5.92. The van der Waals surface area contributed by atoms with E-state index in [2.05, 4.69) is 17.3 Å². The number of hydrogen-bond donors (Lipinski definition) is 1. The number of nitrogens with zero attached hydrogens (tertiary/aromatic N) is 3. The second kappa shape index (κ2) is 8.82. The SMILES string of the molecule is CN1C[C@H]2CNC[C@@]2(C(=O)N2CCCN(C(=O)c3ccco3)CC2)C1.Cl.Cl. The van der Waals surface area contributed by atoms with Gasteiger partial charge in [-0.25, -0.2) is 0 Å². The average Bonchev–Trinajstić information content (AvgIpc) is 3.26. The van der Waals surface area contributed by atoms with Crippen LogP contribution in [0.3, 0.4) is 0 Å². The highest BCUT2D eigenvalue weighted by Crippen LogP contribution is 2.40. The summed E-state index contributed by atoms with van der Waals surface area (Å²) in [5, 5.41) is 3.42. The monoisotopic (exact) mass is 418 g/mol. The van der Waals surface area contributed by atoms with Gasteiger partial charge in [0.15, 0.2) is 5.76 Å². The highest BCUT2D eigenvalue weighted by molar-refractivity contribution is 5.91. The van der Waals surface area contributed by atoms with E-state index >= 15 is 0 Å². The van der Waals surface area contributed by atoms with Crippen molar-refractivity contribution in [3.63, 3.8) is 0 Å². The fourth-order valence-corrected chi connectivity index (χ4v) is 4.67. The molecule has 4 rings (SSSR count). The normalized spacial score (nSPS) is 28.1. The van der Waals surface area contributed by atoms with Crippen molar-refractivity contribution in [2.75, 3.05) is 59.4 Å². The summed E-state index contributed by atoms with van der Waals surface area (Å²) in [5.74, 6) is 0.947. The van der Waals surface area contributed by atoms with E-state index in [1.807, 2.05) is 4.90 Å². The smallest absolute Gasteiger partial charge is 0.289 e. The summed E-state index contributed by atoms with van der Waals surface area (Å²) < 4.78 is 5.23. The van der Waals surface area contributed by atoms with E-state index in [-0.39, 0.29) is 42.0 Å². The van der Waals surface area contributed by atoms with Crippen molar-refractivity contribution in [2.45, 2.75) is 6.42 Å². The number of fused-ring (bicyclic) bond motifs is 1. The van der Waals surface area contributed by atoms with Gasteiger partial charge in [-0.15, -0.1) is 24.8 Å². The molecule has 0 bridgehead atoms. The van der Waals surface area contributed by atoms with E-state index in [1.165, 1.54) is 6.26 Å². The Hall–Kier alpha value is -1.28. The highest BCUT2D eigenvalue weighted by atomic mass is 35.5. The lowest BCUT2D eigenvalue weighted by Crippen LogP contribution is -2.50. The van der Waals surface area contributed by atoms with Gasteiger partial charge < -0.3 is 24.4 Å². The van der Waals surface area contributed by atoms with Crippen LogP contribution < -0.4 is 5.32 Å². The molecule has 3 aliphatic heterocycles. The topological polar surface area (TPSA) is 69.0 Å². The van der Waals surface area contributed by atoms with Gasteiger partial charge in [-0.2, -0.15) is 0 Å². The molecule has 0 saturated carbocycles. The molecule has 1 aromatic rings. The maximum absolute atomic E-state index is 13.3. The number of halogens is 2. The first-order valence-corrected chi connectivity index (χ1v) is 9.11. The predicted octanol–water partition coefficient (Wildman–Crippen LogP) is 0.949. The number of hydrogen-bond acceptors (Lipinski definition) is 5. The Bertz CT molecular complexity index is 657. The summed E-state index contributed by atoms with van der Waals surface area (Å²) in [6.07, 6.45) is 2.33. The number of likely N-dealkylation sites (tertiary alicyclic amines) is 1. The van der Waals surface area contributed by atoms with Crippen molar-refractivity contribution in [3.05, 3.63) is 24.2 Å². The van der Waals surface area contributed by atoms with E-state index < -0.39 is 0 Å². The van der Waals surface area contributed by atoms with Crippen LogP contribution in [0, 0.1) is 11.3 Å². The Morgan fingerprint density at radius 2 is 1.93 bits per heavy atom. The minimum absolute atomic E-state index is 0. The van der Waals surface area contributed by atoms with E-state index in [0.717, 1.165) is 39.1 Å². The Labute approximate surface area is 172 Å². The van der Waals surface area contributed by atoms with Crippen molar-refractivity contribution < 1.29 is 14.0 Å².